The van der Waals surface area contributed by atoms with Crippen molar-refractivity contribution in [1.29, 1.82) is 0 Å². The van der Waals surface area contributed by atoms with Gasteiger partial charge in [0.2, 0.25) is 0 Å². The fraction of sp³-hybridized carbons (Fsp3) is 0.562. The van der Waals surface area contributed by atoms with Gasteiger partial charge in [0.1, 0.15) is 5.82 Å². The van der Waals surface area contributed by atoms with Crippen molar-refractivity contribution < 1.29 is 5.11 Å². The van der Waals surface area contributed by atoms with Gasteiger partial charge >= 0.3 is 0 Å². The van der Waals surface area contributed by atoms with Crippen LogP contribution in [0.15, 0.2) is 18.2 Å². The minimum atomic E-state index is 0.0114. The number of hydrogen-bond acceptors (Lipinski definition) is 2. The Balaban J connectivity index is 1.96. The zero-order valence-electron chi connectivity index (χ0n) is 11.7. The lowest BCUT2D eigenvalue weighted by Gasteiger charge is -2.40. The van der Waals surface area contributed by atoms with Crippen molar-refractivity contribution in [2.45, 2.75) is 44.9 Å². The van der Waals surface area contributed by atoms with Crippen LogP contribution in [0, 0.1) is 5.92 Å². The molecule has 1 saturated carbocycles. The van der Waals surface area contributed by atoms with Crippen LogP contribution >= 0.6 is 0 Å². The fourth-order valence-electron chi connectivity index (χ4n) is 3.02. The summed E-state index contributed by atoms with van der Waals surface area (Å²) in [6.07, 6.45) is 4.40. The van der Waals surface area contributed by atoms with Gasteiger partial charge in [-0.15, -0.1) is 0 Å². The van der Waals surface area contributed by atoms with Gasteiger partial charge in [-0.2, -0.15) is 0 Å². The maximum absolute atomic E-state index is 9.66. The van der Waals surface area contributed by atoms with E-state index in [0.717, 1.165) is 36.1 Å². The molecule has 1 aromatic carbocycles. The van der Waals surface area contributed by atoms with Crippen LogP contribution in [0.1, 0.15) is 44.5 Å². The number of rotatable bonds is 4. The normalized spacial score (nSPS) is 17.9. The lowest BCUT2D eigenvalue weighted by molar-refractivity contribution is 0.120. The SMILES string of the molecule is CC(C)Cc1nc2ccc(C3(CO)CCC3)cc2[nH]1. The zero-order valence-corrected chi connectivity index (χ0v) is 11.7. The number of aliphatic hydroxyl groups is 1. The number of fused-ring (bicyclic) bond motifs is 1. The summed E-state index contributed by atoms with van der Waals surface area (Å²) in [5.74, 6) is 1.67. The van der Waals surface area contributed by atoms with Crippen molar-refractivity contribution in [3.8, 4) is 0 Å². The average molecular weight is 258 g/mol. The van der Waals surface area contributed by atoms with E-state index in [-0.39, 0.29) is 12.0 Å². The van der Waals surface area contributed by atoms with E-state index in [4.69, 9.17) is 0 Å². The maximum atomic E-state index is 9.66. The lowest BCUT2D eigenvalue weighted by atomic mass is 9.65. The van der Waals surface area contributed by atoms with Crippen LogP contribution in [0.2, 0.25) is 0 Å². The van der Waals surface area contributed by atoms with Crippen LogP contribution in [0.5, 0.6) is 0 Å². The minimum Gasteiger partial charge on any atom is -0.395 e. The van der Waals surface area contributed by atoms with E-state index in [0.29, 0.717) is 5.92 Å². The van der Waals surface area contributed by atoms with Crippen LogP contribution in [0.4, 0.5) is 0 Å². The molecule has 1 fully saturated rings. The summed E-state index contributed by atoms with van der Waals surface area (Å²) in [7, 11) is 0. The number of H-pyrrole nitrogens is 1. The van der Waals surface area contributed by atoms with E-state index in [1.54, 1.807) is 0 Å². The number of imidazole rings is 1. The zero-order chi connectivity index (χ0) is 13.5. The Labute approximate surface area is 114 Å². The largest absolute Gasteiger partial charge is 0.395 e. The Morgan fingerprint density at radius 2 is 2.16 bits per heavy atom. The summed E-state index contributed by atoms with van der Waals surface area (Å²) >= 11 is 0. The maximum Gasteiger partial charge on any atom is 0.107 e. The first kappa shape index (κ1) is 12.7. The first-order valence-electron chi connectivity index (χ1n) is 7.23. The smallest absolute Gasteiger partial charge is 0.107 e. The average Bonchev–Trinajstić information content (AvgIpc) is 2.68. The predicted octanol–water partition coefficient (Wildman–Crippen LogP) is 3.18. The predicted molar refractivity (Wildman–Crippen MR) is 77.3 cm³/mol. The second-order valence-electron chi connectivity index (χ2n) is 6.31. The van der Waals surface area contributed by atoms with Crippen molar-refractivity contribution in [2.75, 3.05) is 6.61 Å². The molecule has 1 aliphatic rings. The van der Waals surface area contributed by atoms with E-state index in [2.05, 4.69) is 42.0 Å². The first-order chi connectivity index (χ1) is 9.13. The van der Waals surface area contributed by atoms with Gasteiger partial charge in [-0.05, 0) is 36.5 Å². The Morgan fingerprint density at radius 1 is 1.37 bits per heavy atom. The van der Waals surface area contributed by atoms with Gasteiger partial charge in [-0.1, -0.05) is 26.3 Å². The molecule has 1 heterocycles. The second-order valence-corrected chi connectivity index (χ2v) is 6.31. The Kier molecular flexibility index (Phi) is 3.09. The molecule has 1 aromatic heterocycles. The van der Waals surface area contributed by atoms with E-state index in [1.807, 2.05) is 0 Å². The monoisotopic (exact) mass is 258 g/mol. The molecule has 0 radical (unpaired) electrons. The Bertz CT molecular complexity index is 576. The third kappa shape index (κ3) is 2.16. The molecular weight excluding hydrogens is 236 g/mol. The molecule has 0 amide bonds. The molecule has 19 heavy (non-hydrogen) atoms. The second kappa shape index (κ2) is 4.64. The molecule has 1 aliphatic carbocycles. The third-order valence-electron chi connectivity index (χ3n) is 4.36. The summed E-state index contributed by atoms with van der Waals surface area (Å²) in [5.41, 5.74) is 3.41. The molecule has 3 nitrogen and oxygen atoms in total. The number of aromatic amines is 1. The summed E-state index contributed by atoms with van der Waals surface area (Å²) < 4.78 is 0. The highest BCUT2D eigenvalue weighted by molar-refractivity contribution is 5.76. The minimum absolute atomic E-state index is 0.0114. The number of benzene rings is 1. The van der Waals surface area contributed by atoms with Crippen LogP contribution in [0.3, 0.4) is 0 Å². The molecule has 0 bridgehead atoms. The van der Waals surface area contributed by atoms with Crippen molar-refractivity contribution in [2.24, 2.45) is 5.92 Å². The van der Waals surface area contributed by atoms with Crippen LogP contribution in [-0.2, 0) is 11.8 Å². The first-order valence-corrected chi connectivity index (χ1v) is 7.23. The molecule has 0 atom stereocenters. The molecule has 2 aromatic rings. The van der Waals surface area contributed by atoms with E-state index < -0.39 is 0 Å². The van der Waals surface area contributed by atoms with Gasteiger partial charge in [0.15, 0.2) is 0 Å². The van der Waals surface area contributed by atoms with E-state index in [1.165, 1.54) is 12.0 Å². The molecule has 0 unspecified atom stereocenters. The standard InChI is InChI=1S/C16H22N2O/c1-11(2)8-15-17-13-5-4-12(9-14(13)18-15)16(10-19)6-3-7-16/h4-5,9,11,19H,3,6-8,10H2,1-2H3,(H,17,18). The van der Waals surface area contributed by atoms with E-state index >= 15 is 0 Å². The fourth-order valence-corrected chi connectivity index (χ4v) is 3.02. The highest BCUT2D eigenvalue weighted by Gasteiger charge is 2.38. The van der Waals surface area contributed by atoms with E-state index in [9.17, 15) is 5.11 Å². The van der Waals surface area contributed by atoms with Crippen molar-refractivity contribution in [3.63, 3.8) is 0 Å². The molecule has 3 heteroatoms. The van der Waals surface area contributed by atoms with Crippen molar-refractivity contribution in [1.82, 2.24) is 9.97 Å². The molecule has 0 spiro atoms. The Hall–Kier alpha value is -1.35. The molecule has 0 saturated heterocycles. The van der Waals surface area contributed by atoms with Crippen molar-refractivity contribution in [3.05, 3.63) is 29.6 Å². The molecular formula is C16H22N2O. The number of hydrogen-bond donors (Lipinski definition) is 2. The van der Waals surface area contributed by atoms with Gasteiger partial charge in [-0.25, -0.2) is 4.98 Å². The summed E-state index contributed by atoms with van der Waals surface area (Å²) in [6.45, 7) is 4.66. The Morgan fingerprint density at radius 3 is 2.74 bits per heavy atom. The highest BCUT2D eigenvalue weighted by atomic mass is 16.3. The molecule has 102 valence electrons. The number of aromatic nitrogens is 2. The summed E-state index contributed by atoms with van der Waals surface area (Å²) in [6, 6.07) is 6.40. The summed E-state index contributed by atoms with van der Waals surface area (Å²) in [4.78, 5) is 8.05. The highest BCUT2D eigenvalue weighted by Crippen LogP contribution is 2.43. The quantitative estimate of drug-likeness (QED) is 0.885. The molecule has 2 N–H and O–H groups in total. The van der Waals surface area contributed by atoms with Crippen LogP contribution in [-0.4, -0.2) is 21.7 Å². The van der Waals surface area contributed by atoms with Crippen LogP contribution < -0.4 is 0 Å². The topological polar surface area (TPSA) is 48.9 Å². The lowest BCUT2D eigenvalue weighted by Crippen LogP contribution is -2.37. The van der Waals surface area contributed by atoms with Crippen LogP contribution in [0.25, 0.3) is 11.0 Å². The van der Waals surface area contributed by atoms with Gasteiger partial charge in [-0.3, -0.25) is 0 Å². The number of nitrogens with zero attached hydrogens (tertiary/aromatic N) is 1. The van der Waals surface area contributed by atoms with Gasteiger partial charge in [0.25, 0.3) is 0 Å². The molecule has 0 aliphatic heterocycles. The van der Waals surface area contributed by atoms with Crippen molar-refractivity contribution >= 4 is 11.0 Å². The number of nitrogens with one attached hydrogen (secondary N) is 1. The van der Waals surface area contributed by atoms with Gasteiger partial charge in [0.05, 0.1) is 17.6 Å². The van der Waals surface area contributed by atoms with Gasteiger partial charge in [0, 0.05) is 11.8 Å². The third-order valence-corrected chi connectivity index (χ3v) is 4.36. The van der Waals surface area contributed by atoms with Gasteiger partial charge < -0.3 is 10.1 Å². The molecule has 3 rings (SSSR count). The number of aliphatic hydroxyl groups excluding tert-OH is 1. The summed E-state index contributed by atoms with van der Waals surface area (Å²) in [5, 5.41) is 9.66.